The molecule has 0 aromatic heterocycles. The Morgan fingerprint density at radius 2 is 1.20 bits per heavy atom. The molecule has 26 nitrogen and oxygen atoms in total. The van der Waals surface area contributed by atoms with Gasteiger partial charge in [-0.15, -0.1) is 0 Å². The lowest BCUT2D eigenvalue weighted by molar-refractivity contribution is -0.206. The average Bonchev–Trinajstić information content (AvgIpc) is 3.99. The lowest BCUT2D eigenvalue weighted by Crippen LogP contribution is -2.48. The Bertz CT molecular complexity index is 1800. The molecule has 75 heavy (non-hydrogen) atoms. The van der Waals surface area contributed by atoms with Crippen LogP contribution in [-0.4, -0.2) is 288 Å². The van der Waals surface area contributed by atoms with Crippen molar-refractivity contribution in [1.29, 1.82) is 0 Å². The molecule has 5 aliphatic heterocycles. The van der Waals surface area contributed by atoms with Gasteiger partial charge in [-0.25, -0.2) is 9.34 Å². The van der Waals surface area contributed by atoms with Crippen molar-refractivity contribution in [1.82, 2.24) is 14.4 Å². The van der Waals surface area contributed by atoms with E-state index in [4.69, 9.17) is 110 Å². The highest BCUT2D eigenvalue weighted by atomic mass is 31.2. The van der Waals surface area contributed by atoms with Crippen LogP contribution in [-0.2, 0) is 88.5 Å². The largest absolute Gasteiger partial charge is 0.788 e. The summed E-state index contributed by atoms with van der Waals surface area (Å²) in [6.07, 6.45) is -2.83. The van der Waals surface area contributed by atoms with E-state index >= 15 is 0 Å². The molecule has 2 N–H and O–H groups in total. The fourth-order valence-electron chi connectivity index (χ4n) is 7.35. The Hall–Kier alpha value is 0.700. The number of methoxy groups -OCH3 is 5. The Balaban J connectivity index is 0.000000472. The van der Waals surface area contributed by atoms with Gasteiger partial charge in [0.2, 0.25) is 7.44 Å². The van der Waals surface area contributed by atoms with Gasteiger partial charge in [0.1, 0.15) is 91.0 Å². The van der Waals surface area contributed by atoms with Crippen molar-refractivity contribution in [3.05, 3.63) is 0 Å². The number of aliphatic hydroxyl groups is 1. The van der Waals surface area contributed by atoms with Crippen LogP contribution in [0.15, 0.2) is 0 Å². The normalized spacial score (nSPS) is 35.8. The van der Waals surface area contributed by atoms with Crippen LogP contribution in [0.2, 0.25) is 0 Å². The van der Waals surface area contributed by atoms with Gasteiger partial charge in [-0.05, 0) is 46.7 Å². The lowest BCUT2D eigenvalue weighted by atomic mass is 9.93. The molecule has 5 aliphatic rings. The molecule has 10 radical (unpaired) electrons. The highest BCUT2D eigenvalue weighted by Crippen LogP contribution is 2.48. The van der Waals surface area contributed by atoms with Crippen molar-refractivity contribution in [2.75, 3.05) is 136 Å². The zero-order valence-electron chi connectivity index (χ0n) is 44.4. The highest BCUT2D eigenvalue weighted by molar-refractivity contribution is 7.82. The summed E-state index contributed by atoms with van der Waals surface area (Å²) in [6.45, 7) is 8.87. The van der Waals surface area contributed by atoms with Crippen LogP contribution in [0.3, 0.4) is 0 Å². The van der Waals surface area contributed by atoms with Crippen LogP contribution in [0.4, 0.5) is 0 Å². The zero-order chi connectivity index (χ0) is 57.7. The summed E-state index contributed by atoms with van der Waals surface area (Å²) in [4.78, 5) is 33.1. The van der Waals surface area contributed by atoms with E-state index in [1.807, 2.05) is 4.67 Å². The van der Waals surface area contributed by atoms with Gasteiger partial charge in [0.15, 0.2) is 6.29 Å². The van der Waals surface area contributed by atoms with Crippen molar-refractivity contribution in [2.45, 2.75) is 110 Å². The van der Waals surface area contributed by atoms with Crippen LogP contribution in [0.25, 0.3) is 0 Å². The fraction of sp³-hybridized carbons (Fsp3) is 1.00. The molecule has 5 rings (SSSR count). The van der Waals surface area contributed by atoms with Crippen LogP contribution in [0.5, 0.6) is 0 Å². The summed E-state index contributed by atoms with van der Waals surface area (Å²) in [5, 5.41) is 11.2. The van der Waals surface area contributed by atoms with Gasteiger partial charge in [-0.2, -0.15) is 0 Å². The highest BCUT2D eigenvalue weighted by Gasteiger charge is 2.45. The molecule has 0 aromatic rings. The molecule has 37 heteroatoms. The van der Waals surface area contributed by atoms with Crippen molar-refractivity contribution >= 4 is 84.2 Å². The summed E-state index contributed by atoms with van der Waals surface area (Å²) in [5.41, 5.74) is 0. The molecule has 0 bridgehead atoms. The van der Waals surface area contributed by atoms with Crippen molar-refractivity contribution in [3.8, 4) is 0 Å². The van der Waals surface area contributed by atoms with E-state index in [-0.39, 0.29) is 64.4 Å². The lowest BCUT2D eigenvalue weighted by Gasteiger charge is -2.41. The second-order valence-corrected chi connectivity index (χ2v) is 27.2. The number of ether oxygens (including phenoxy) is 11. The molecule has 0 saturated carbocycles. The monoisotopic (exact) mass is 1170 g/mol. The first-order valence-corrected chi connectivity index (χ1v) is 32.8. The second kappa shape index (κ2) is 35.0. The maximum Gasteiger partial charge on any atom is 0.213 e. The van der Waals surface area contributed by atoms with Crippen LogP contribution >= 0.6 is 37.4 Å². The van der Waals surface area contributed by atoms with E-state index in [0.717, 1.165) is 20.0 Å². The van der Waals surface area contributed by atoms with Gasteiger partial charge in [-0.3, -0.25) is 9.65 Å². The standard InChI is InChI=1S/C10H20BO7P.C8H18BN2O3P.C7H16B2O4P.C7H15BNO4P.C6H12BO5P/c1-15-6-7-8(18-19(2,13)14)9(10(11)17-7)16-5-3-4-12;1-10(2)15(4,12)11-5-7(9)14-8(6-11)13-3;1-11-4-6-5(3-7(8)12-6)13-14(2,9)10;1-12-4-6-5(3-7(8)13-6)9-14(2,10)11;1-10-4-3-11-6(7)5(4)12-13(2,8)9/h7-10,12H,3-6H2,1-2H3,(H,13,14);7-8H,5-6H2,1-4H3;5-7H,3-4H2,1-2,9H3;5-7H,3-4H2,1-2H3,(H2,9,10,11);4-6H,3H2,1-2H3,(H,8,9)/q;;-1;;/p-3/t7-,8?,9+,10-;;5?,6-,7-,14?;5?,6-,7-;4-,5?,6-/m1.111/s1. The predicted octanol–water partition coefficient (Wildman–Crippen LogP) is -3.33. The minimum absolute atomic E-state index is 0.0241. The minimum atomic E-state index is -3.95. The SMILES string of the molecule is [B]C1CN(P(C)(=O)N(C)C)CC(OC)O1.[B][C@@H]1OC[C@@H](OC)C1OP(C)(=O)[O-].[B][C@@H]1O[C@H](COC)C(OP(C)(=O)[O-])[C@@H]1OCCCO.[B][C@H]1CC(NP(C)(=O)[O-])[C@@H](COC)O1.[B][C@H]1CC(OP([BH3-])(C)=O)[C@@H](COC)O1. The first kappa shape index (κ1) is 73.7. The Kier molecular flexibility index (Phi) is 34.4. The van der Waals surface area contributed by atoms with Gasteiger partial charge in [0, 0.05) is 119 Å². The Morgan fingerprint density at radius 3 is 1.69 bits per heavy atom. The van der Waals surface area contributed by atoms with Crippen LogP contribution in [0, 0.1) is 0 Å². The van der Waals surface area contributed by atoms with Gasteiger partial charge in [-0.1, -0.05) is 0 Å². The number of morpholine rings is 1. The third-order valence-corrected chi connectivity index (χ3v) is 16.3. The number of rotatable bonds is 22. The van der Waals surface area contributed by atoms with Gasteiger partial charge in [0.25, 0.3) is 0 Å². The van der Waals surface area contributed by atoms with E-state index < -0.39 is 98.2 Å². The first-order valence-electron chi connectivity index (χ1n) is 23.1. The van der Waals surface area contributed by atoms with Gasteiger partial charge >= 0.3 is 0 Å². The quantitative estimate of drug-likeness (QED) is 0.0609. The number of nitrogens with zero attached hydrogens (tertiary/aromatic N) is 2. The first-order chi connectivity index (χ1) is 34.5. The molecular formula is C38H78B6N3O23P5-4. The summed E-state index contributed by atoms with van der Waals surface area (Å²) >= 11 is 0. The Labute approximate surface area is 451 Å². The van der Waals surface area contributed by atoms with Gasteiger partial charge < -0.3 is 104 Å². The smallest absolute Gasteiger partial charge is 0.213 e. The molecule has 11 unspecified atom stereocenters. The Morgan fingerprint density at radius 1 is 0.667 bits per heavy atom. The van der Waals surface area contributed by atoms with E-state index in [0.29, 0.717) is 45.6 Å². The summed E-state index contributed by atoms with van der Waals surface area (Å²) in [7, 11) is 23.1. The number of hydrogen-bond acceptors (Lipinski definition) is 23. The van der Waals surface area contributed by atoms with E-state index in [1.54, 1.807) is 46.3 Å². The fourth-order valence-corrected chi connectivity index (χ4v) is 11.6. The minimum Gasteiger partial charge on any atom is -0.788 e. The number of aliphatic hydroxyl groups excluding tert-OH is 1. The van der Waals surface area contributed by atoms with Crippen molar-refractivity contribution < 1.29 is 108 Å². The van der Waals surface area contributed by atoms with Crippen molar-refractivity contribution in [2.24, 2.45) is 0 Å². The topological polar surface area (TPSA) is 322 Å². The van der Waals surface area contributed by atoms with Crippen LogP contribution < -0.4 is 19.8 Å². The third kappa shape index (κ3) is 29.5. The van der Waals surface area contributed by atoms with Crippen LogP contribution in [0.1, 0.15) is 19.3 Å². The number of hydrogen-bond donors (Lipinski definition) is 2. The van der Waals surface area contributed by atoms with Crippen molar-refractivity contribution in [3.63, 3.8) is 0 Å². The second-order valence-electron chi connectivity index (χ2n) is 17.6. The molecule has 5 heterocycles. The summed E-state index contributed by atoms with van der Waals surface area (Å²) in [6, 6.07) is -3.00. The third-order valence-electron chi connectivity index (χ3n) is 10.8. The average molecular weight is 1160 g/mol. The summed E-state index contributed by atoms with van der Waals surface area (Å²) < 4.78 is 133. The zero-order valence-corrected chi connectivity index (χ0v) is 48.9. The molecule has 0 aliphatic carbocycles. The molecule has 430 valence electrons. The van der Waals surface area contributed by atoms with E-state index in [9.17, 15) is 37.5 Å². The summed E-state index contributed by atoms with van der Waals surface area (Å²) in [5.74, 6) is 0. The number of nitrogens with one attached hydrogen (secondary N) is 1. The molecule has 0 aromatic carbocycles. The molecule has 5 saturated heterocycles. The molecule has 0 spiro atoms. The molecular weight excluding hydrogens is 1090 g/mol. The predicted molar refractivity (Wildman–Crippen MR) is 282 cm³/mol. The maximum atomic E-state index is 12.4. The van der Waals surface area contributed by atoms with E-state index in [2.05, 4.69) is 5.09 Å². The maximum absolute atomic E-state index is 12.4. The molecule has 5 fully saturated rings. The molecule has 0 amide bonds. The molecule has 20 atom stereocenters. The van der Waals surface area contributed by atoms with E-state index in [1.165, 1.54) is 21.3 Å². The van der Waals surface area contributed by atoms with Gasteiger partial charge in [0.05, 0.1) is 60.3 Å².